The van der Waals surface area contributed by atoms with Crippen LogP contribution in [-0.4, -0.2) is 36.4 Å². The maximum Gasteiger partial charge on any atom is 0.395 e. The summed E-state index contributed by atoms with van der Waals surface area (Å²) in [6.45, 7) is 2.27. The summed E-state index contributed by atoms with van der Waals surface area (Å²) in [5, 5.41) is 12.7. The van der Waals surface area contributed by atoms with Crippen LogP contribution < -0.4 is 10.1 Å². The van der Waals surface area contributed by atoms with Gasteiger partial charge >= 0.3 is 12.1 Å². The number of benzene rings is 2. The fraction of sp³-hybridized carbons (Fsp3) is 0.364. The van der Waals surface area contributed by atoms with Gasteiger partial charge in [-0.3, -0.25) is 4.79 Å². The quantitative estimate of drug-likeness (QED) is 0.509. The molecule has 0 aromatic heterocycles. The topological polar surface area (TPSA) is 84.9 Å². The normalized spacial score (nSPS) is 15.6. The van der Waals surface area contributed by atoms with Gasteiger partial charge in [0.1, 0.15) is 24.3 Å². The number of carbonyl (C=O) groups excluding carboxylic acids is 2. The first kappa shape index (κ1) is 23.5. The molecule has 6 nitrogen and oxygen atoms in total. The second-order valence-corrected chi connectivity index (χ2v) is 7.97. The lowest BCUT2D eigenvalue weighted by atomic mass is 9.69. The first-order chi connectivity index (χ1) is 14.9. The van der Waals surface area contributed by atoms with Gasteiger partial charge in [-0.25, -0.2) is 9.18 Å². The summed E-state index contributed by atoms with van der Waals surface area (Å²) in [6.07, 6.45) is -7.54. The second kappa shape index (κ2) is 8.42. The van der Waals surface area contributed by atoms with E-state index in [0.717, 1.165) is 26.0 Å². The van der Waals surface area contributed by atoms with E-state index < -0.39 is 41.3 Å². The molecule has 1 amide bonds. The first-order valence-electron chi connectivity index (χ1n) is 9.56. The summed E-state index contributed by atoms with van der Waals surface area (Å²) in [5.41, 5.74) is -1.26. The fourth-order valence-electron chi connectivity index (χ4n) is 3.91. The molecule has 3 rings (SSSR count). The molecule has 2 unspecified atom stereocenters. The van der Waals surface area contributed by atoms with E-state index in [4.69, 9.17) is 9.47 Å². The zero-order valence-corrected chi connectivity index (χ0v) is 17.4. The van der Waals surface area contributed by atoms with Crippen molar-refractivity contribution in [3.8, 4) is 5.75 Å². The molecule has 1 aliphatic heterocycles. The number of hydrogen-bond donors (Lipinski definition) is 2. The largest absolute Gasteiger partial charge is 0.496 e. The molecule has 172 valence electrons. The van der Waals surface area contributed by atoms with Crippen LogP contribution in [0.15, 0.2) is 36.4 Å². The Labute approximate surface area is 181 Å². The zero-order valence-electron chi connectivity index (χ0n) is 17.4. The van der Waals surface area contributed by atoms with E-state index in [-0.39, 0.29) is 29.2 Å². The molecule has 0 radical (unpaired) electrons. The number of carbonyl (C=O) groups is 2. The minimum Gasteiger partial charge on any atom is -0.496 e. The summed E-state index contributed by atoms with van der Waals surface area (Å²) in [5.74, 6) is -5.24. The first-order valence-corrected chi connectivity index (χ1v) is 9.56. The minimum absolute atomic E-state index is 0.0125. The number of aliphatic hydroxyl groups is 1. The SMILES string of the molecule is COc1ccc(F)cc1C(C)(C)C(C(O)C(=O)Nc1ccc2c(c1)COC2=O)C(F)(F)F. The van der Waals surface area contributed by atoms with Gasteiger partial charge in [-0.1, -0.05) is 13.8 Å². The molecule has 2 atom stereocenters. The maximum atomic E-state index is 14.1. The Morgan fingerprint density at radius 1 is 1.19 bits per heavy atom. The van der Waals surface area contributed by atoms with E-state index in [1.165, 1.54) is 31.4 Å². The molecule has 1 heterocycles. The summed E-state index contributed by atoms with van der Waals surface area (Å²) in [6, 6.07) is 7.18. The average molecular weight is 455 g/mol. The van der Waals surface area contributed by atoms with Crippen LogP contribution in [0.3, 0.4) is 0 Å². The highest BCUT2D eigenvalue weighted by Crippen LogP contribution is 2.47. The number of cyclic esters (lactones) is 1. The molecule has 0 saturated carbocycles. The van der Waals surface area contributed by atoms with Crippen molar-refractivity contribution in [1.29, 1.82) is 0 Å². The van der Waals surface area contributed by atoms with E-state index in [9.17, 15) is 32.3 Å². The van der Waals surface area contributed by atoms with E-state index in [1.54, 1.807) is 0 Å². The minimum atomic E-state index is -5.02. The van der Waals surface area contributed by atoms with Gasteiger partial charge in [-0.2, -0.15) is 13.2 Å². The zero-order chi connectivity index (χ0) is 23.8. The standard InChI is InChI=1S/C22H21F4NO5/c1-21(2,15-9-12(23)4-7-16(15)31-3)18(22(24,25)26)17(28)19(29)27-13-5-6-14-11(8-13)10-32-20(14)30/h4-9,17-18,28H,10H2,1-3H3,(H,27,29). The highest BCUT2D eigenvalue weighted by molar-refractivity contribution is 5.97. The third kappa shape index (κ3) is 4.40. The Morgan fingerprint density at radius 3 is 2.50 bits per heavy atom. The van der Waals surface area contributed by atoms with Crippen molar-refractivity contribution in [2.24, 2.45) is 5.92 Å². The number of esters is 1. The number of amides is 1. The van der Waals surface area contributed by atoms with Gasteiger partial charge in [0.05, 0.1) is 18.6 Å². The number of halogens is 4. The smallest absolute Gasteiger partial charge is 0.395 e. The van der Waals surface area contributed by atoms with Gasteiger partial charge in [0.25, 0.3) is 5.91 Å². The number of anilines is 1. The van der Waals surface area contributed by atoms with Crippen molar-refractivity contribution in [1.82, 2.24) is 0 Å². The van der Waals surface area contributed by atoms with Crippen LogP contribution in [0.2, 0.25) is 0 Å². The summed E-state index contributed by atoms with van der Waals surface area (Å²) in [7, 11) is 1.22. The van der Waals surface area contributed by atoms with Crippen LogP contribution in [0.4, 0.5) is 23.2 Å². The number of fused-ring (bicyclic) bond motifs is 1. The summed E-state index contributed by atoms with van der Waals surface area (Å²) >= 11 is 0. The highest BCUT2D eigenvalue weighted by Gasteiger charge is 2.56. The Morgan fingerprint density at radius 2 is 1.88 bits per heavy atom. The van der Waals surface area contributed by atoms with Crippen LogP contribution in [0, 0.1) is 11.7 Å². The Kier molecular flexibility index (Phi) is 6.19. The van der Waals surface area contributed by atoms with E-state index in [1.807, 2.05) is 0 Å². The molecule has 0 bridgehead atoms. The van der Waals surface area contributed by atoms with Gasteiger partial charge in [-0.15, -0.1) is 0 Å². The van der Waals surface area contributed by atoms with Crippen LogP contribution >= 0.6 is 0 Å². The number of alkyl halides is 3. The van der Waals surface area contributed by atoms with Gasteiger partial charge in [0.15, 0.2) is 0 Å². The highest BCUT2D eigenvalue weighted by atomic mass is 19.4. The van der Waals surface area contributed by atoms with Crippen molar-refractivity contribution in [2.45, 2.75) is 38.1 Å². The molecular weight excluding hydrogens is 434 g/mol. The molecule has 0 spiro atoms. The Hall–Kier alpha value is -3.14. The lowest BCUT2D eigenvalue weighted by molar-refractivity contribution is -0.216. The van der Waals surface area contributed by atoms with E-state index in [0.29, 0.717) is 5.56 Å². The average Bonchev–Trinajstić information content (AvgIpc) is 3.06. The molecule has 0 aliphatic carbocycles. The van der Waals surface area contributed by atoms with Gasteiger partial charge in [0, 0.05) is 22.2 Å². The third-order valence-corrected chi connectivity index (χ3v) is 5.52. The molecule has 1 aliphatic rings. The van der Waals surface area contributed by atoms with Crippen LogP contribution in [-0.2, 0) is 21.6 Å². The summed E-state index contributed by atoms with van der Waals surface area (Å²) in [4.78, 5) is 24.1. The monoisotopic (exact) mass is 455 g/mol. The molecule has 2 aromatic rings. The predicted octanol–water partition coefficient (Wildman–Crippen LogP) is 3.96. The van der Waals surface area contributed by atoms with Gasteiger partial charge < -0.3 is 19.9 Å². The molecule has 0 fully saturated rings. The van der Waals surface area contributed by atoms with Crippen molar-refractivity contribution < 1.29 is 41.7 Å². The van der Waals surface area contributed by atoms with Crippen LogP contribution in [0.1, 0.15) is 35.3 Å². The fourth-order valence-corrected chi connectivity index (χ4v) is 3.91. The molecule has 2 aromatic carbocycles. The number of methoxy groups -OCH3 is 1. The van der Waals surface area contributed by atoms with Crippen molar-refractivity contribution in [2.75, 3.05) is 12.4 Å². The predicted molar refractivity (Wildman–Crippen MR) is 106 cm³/mol. The lowest BCUT2D eigenvalue weighted by Crippen LogP contribution is -2.51. The van der Waals surface area contributed by atoms with Crippen LogP contribution in [0.25, 0.3) is 0 Å². The molecule has 10 heteroatoms. The molecule has 32 heavy (non-hydrogen) atoms. The maximum absolute atomic E-state index is 14.1. The van der Waals surface area contributed by atoms with Crippen molar-refractivity contribution >= 4 is 17.6 Å². The summed E-state index contributed by atoms with van der Waals surface area (Å²) < 4.78 is 66.0. The third-order valence-electron chi connectivity index (χ3n) is 5.52. The molecular formula is C22H21F4NO5. The number of rotatable bonds is 6. The number of ether oxygens (including phenoxy) is 2. The second-order valence-electron chi connectivity index (χ2n) is 7.97. The number of nitrogens with one attached hydrogen (secondary N) is 1. The van der Waals surface area contributed by atoms with E-state index >= 15 is 0 Å². The number of aliphatic hydroxyl groups excluding tert-OH is 1. The number of hydrogen-bond acceptors (Lipinski definition) is 5. The molecule has 2 N–H and O–H groups in total. The van der Waals surface area contributed by atoms with Crippen LogP contribution in [0.5, 0.6) is 5.75 Å². The van der Waals surface area contributed by atoms with Gasteiger partial charge in [-0.05, 0) is 36.4 Å². The van der Waals surface area contributed by atoms with Crippen molar-refractivity contribution in [3.05, 3.63) is 58.9 Å². The Balaban J connectivity index is 1.93. The molecule has 0 saturated heterocycles. The van der Waals surface area contributed by atoms with Gasteiger partial charge in [0.2, 0.25) is 0 Å². The Bertz CT molecular complexity index is 1050. The van der Waals surface area contributed by atoms with Crippen molar-refractivity contribution in [3.63, 3.8) is 0 Å². The van der Waals surface area contributed by atoms with E-state index in [2.05, 4.69) is 5.32 Å². The lowest BCUT2D eigenvalue weighted by Gasteiger charge is -2.39.